The van der Waals surface area contributed by atoms with Gasteiger partial charge in [-0.05, 0) is 37.1 Å². The SMILES string of the molecule is CCC(CC)CC1CCCCC1CN. The molecule has 1 nitrogen and oxygen atoms in total. The van der Waals surface area contributed by atoms with Crippen molar-refractivity contribution >= 4 is 0 Å². The first-order valence-electron chi connectivity index (χ1n) is 6.51. The van der Waals surface area contributed by atoms with Crippen LogP contribution in [-0.4, -0.2) is 6.54 Å². The van der Waals surface area contributed by atoms with Crippen molar-refractivity contribution in [1.29, 1.82) is 0 Å². The van der Waals surface area contributed by atoms with E-state index in [-0.39, 0.29) is 0 Å². The monoisotopic (exact) mass is 197 g/mol. The fourth-order valence-electron chi connectivity index (χ4n) is 2.96. The second-order valence-corrected chi connectivity index (χ2v) is 4.96. The first kappa shape index (κ1) is 12.0. The Bertz CT molecular complexity index is 140. The lowest BCUT2D eigenvalue weighted by molar-refractivity contribution is 0.196. The Morgan fingerprint density at radius 2 is 1.64 bits per heavy atom. The van der Waals surface area contributed by atoms with E-state index in [2.05, 4.69) is 13.8 Å². The minimum absolute atomic E-state index is 0.837. The van der Waals surface area contributed by atoms with Gasteiger partial charge in [-0.25, -0.2) is 0 Å². The molecule has 0 amide bonds. The van der Waals surface area contributed by atoms with Crippen LogP contribution in [0.4, 0.5) is 0 Å². The van der Waals surface area contributed by atoms with Crippen LogP contribution in [0.15, 0.2) is 0 Å². The van der Waals surface area contributed by atoms with Gasteiger partial charge in [-0.15, -0.1) is 0 Å². The first-order valence-corrected chi connectivity index (χ1v) is 6.51. The summed E-state index contributed by atoms with van der Waals surface area (Å²) in [5, 5.41) is 0. The molecule has 2 atom stereocenters. The summed E-state index contributed by atoms with van der Waals surface area (Å²) in [4.78, 5) is 0. The Morgan fingerprint density at radius 3 is 2.14 bits per heavy atom. The fraction of sp³-hybridized carbons (Fsp3) is 1.00. The quantitative estimate of drug-likeness (QED) is 0.716. The average Bonchev–Trinajstić information content (AvgIpc) is 2.26. The molecule has 0 saturated heterocycles. The molecular weight excluding hydrogens is 170 g/mol. The van der Waals surface area contributed by atoms with E-state index < -0.39 is 0 Å². The van der Waals surface area contributed by atoms with Crippen LogP contribution in [-0.2, 0) is 0 Å². The van der Waals surface area contributed by atoms with Gasteiger partial charge in [0.25, 0.3) is 0 Å². The van der Waals surface area contributed by atoms with Crippen molar-refractivity contribution in [2.24, 2.45) is 23.5 Å². The molecule has 1 rings (SSSR count). The maximum Gasteiger partial charge on any atom is -0.00462 e. The first-order chi connectivity index (χ1) is 6.81. The highest BCUT2D eigenvalue weighted by Gasteiger charge is 2.25. The standard InChI is InChI=1S/C13H27N/c1-3-11(4-2)9-12-7-5-6-8-13(12)10-14/h11-13H,3-10,14H2,1-2H3. The van der Waals surface area contributed by atoms with Gasteiger partial charge in [-0.2, -0.15) is 0 Å². The third-order valence-electron chi connectivity index (χ3n) is 4.16. The van der Waals surface area contributed by atoms with Gasteiger partial charge in [0, 0.05) is 0 Å². The highest BCUT2D eigenvalue weighted by molar-refractivity contribution is 4.77. The predicted octanol–water partition coefficient (Wildman–Crippen LogP) is 3.58. The van der Waals surface area contributed by atoms with Gasteiger partial charge < -0.3 is 5.73 Å². The summed E-state index contributed by atoms with van der Waals surface area (Å²) < 4.78 is 0. The molecule has 2 N–H and O–H groups in total. The Labute approximate surface area is 89.5 Å². The second-order valence-electron chi connectivity index (χ2n) is 4.96. The zero-order chi connectivity index (χ0) is 10.4. The van der Waals surface area contributed by atoms with E-state index in [1.807, 2.05) is 0 Å². The van der Waals surface area contributed by atoms with Crippen LogP contribution in [0.25, 0.3) is 0 Å². The Balaban J connectivity index is 2.39. The predicted molar refractivity (Wildman–Crippen MR) is 63.2 cm³/mol. The second kappa shape index (κ2) is 6.44. The van der Waals surface area contributed by atoms with Crippen molar-refractivity contribution < 1.29 is 0 Å². The Hall–Kier alpha value is -0.0400. The van der Waals surface area contributed by atoms with Gasteiger partial charge in [-0.3, -0.25) is 0 Å². The molecule has 0 bridgehead atoms. The smallest absolute Gasteiger partial charge is 0.00462 e. The van der Waals surface area contributed by atoms with E-state index in [4.69, 9.17) is 5.73 Å². The van der Waals surface area contributed by atoms with Crippen LogP contribution in [0.2, 0.25) is 0 Å². The zero-order valence-electron chi connectivity index (χ0n) is 9.97. The number of hydrogen-bond donors (Lipinski definition) is 1. The van der Waals surface area contributed by atoms with Gasteiger partial charge in [0.15, 0.2) is 0 Å². The third-order valence-corrected chi connectivity index (χ3v) is 4.16. The molecule has 1 heteroatoms. The minimum Gasteiger partial charge on any atom is -0.330 e. The highest BCUT2D eigenvalue weighted by Crippen LogP contribution is 2.35. The van der Waals surface area contributed by atoms with Crippen molar-refractivity contribution in [3.63, 3.8) is 0 Å². The van der Waals surface area contributed by atoms with Crippen LogP contribution in [0.3, 0.4) is 0 Å². The number of rotatable bonds is 5. The van der Waals surface area contributed by atoms with Gasteiger partial charge in [-0.1, -0.05) is 46.0 Å². The lowest BCUT2D eigenvalue weighted by Gasteiger charge is -2.33. The molecule has 1 saturated carbocycles. The van der Waals surface area contributed by atoms with Crippen LogP contribution in [0, 0.1) is 17.8 Å². The summed E-state index contributed by atoms with van der Waals surface area (Å²) in [7, 11) is 0. The van der Waals surface area contributed by atoms with E-state index in [1.54, 1.807) is 0 Å². The maximum absolute atomic E-state index is 5.85. The van der Waals surface area contributed by atoms with Crippen LogP contribution < -0.4 is 5.73 Å². The molecule has 1 aliphatic carbocycles. The fourth-order valence-corrected chi connectivity index (χ4v) is 2.96. The highest BCUT2D eigenvalue weighted by atomic mass is 14.6. The van der Waals surface area contributed by atoms with Gasteiger partial charge in [0.05, 0.1) is 0 Å². The summed E-state index contributed by atoms with van der Waals surface area (Å²) in [6.45, 7) is 5.58. The minimum atomic E-state index is 0.837. The third kappa shape index (κ3) is 3.27. The van der Waals surface area contributed by atoms with Gasteiger partial charge in [0.2, 0.25) is 0 Å². The largest absolute Gasteiger partial charge is 0.330 e. The normalized spacial score (nSPS) is 28.3. The molecule has 84 valence electrons. The van der Waals surface area contributed by atoms with E-state index in [0.717, 1.165) is 24.3 Å². The van der Waals surface area contributed by atoms with Crippen LogP contribution in [0.1, 0.15) is 58.8 Å². The lowest BCUT2D eigenvalue weighted by Crippen LogP contribution is -2.28. The molecule has 0 aromatic heterocycles. The topological polar surface area (TPSA) is 26.0 Å². The molecule has 0 aliphatic heterocycles. The Morgan fingerprint density at radius 1 is 1.07 bits per heavy atom. The average molecular weight is 197 g/mol. The van der Waals surface area contributed by atoms with Crippen molar-refractivity contribution in [2.45, 2.75) is 58.8 Å². The summed E-state index contributed by atoms with van der Waals surface area (Å²) in [6.07, 6.45) is 9.84. The van der Waals surface area contributed by atoms with Gasteiger partial charge in [0.1, 0.15) is 0 Å². The molecule has 0 aromatic carbocycles. The van der Waals surface area contributed by atoms with E-state index >= 15 is 0 Å². The molecule has 2 unspecified atom stereocenters. The molecule has 0 spiro atoms. The van der Waals surface area contributed by atoms with E-state index in [9.17, 15) is 0 Å². The molecule has 14 heavy (non-hydrogen) atoms. The molecular formula is C13H27N. The van der Waals surface area contributed by atoms with E-state index in [0.29, 0.717) is 0 Å². The van der Waals surface area contributed by atoms with Crippen LogP contribution in [0.5, 0.6) is 0 Å². The number of nitrogens with two attached hydrogens (primary N) is 1. The Kier molecular flexibility index (Phi) is 5.54. The van der Waals surface area contributed by atoms with Crippen molar-refractivity contribution in [2.75, 3.05) is 6.54 Å². The zero-order valence-corrected chi connectivity index (χ0v) is 9.97. The summed E-state index contributed by atoms with van der Waals surface area (Å²) in [5.41, 5.74) is 5.85. The molecule has 1 fully saturated rings. The lowest BCUT2D eigenvalue weighted by atomic mass is 9.74. The van der Waals surface area contributed by atoms with E-state index in [1.165, 1.54) is 44.9 Å². The summed E-state index contributed by atoms with van der Waals surface area (Å²) in [5.74, 6) is 2.73. The van der Waals surface area contributed by atoms with Crippen molar-refractivity contribution in [3.8, 4) is 0 Å². The maximum atomic E-state index is 5.85. The van der Waals surface area contributed by atoms with Crippen LogP contribution >= 0.6 is 0 Å². The molecule has 0 heterocycles. The molecule has 0 aromatic rings. The number of hydrogen-bond acceptors (Lipinski definition) is 1. The summed E-state index contributed by atoms with van der Waals surface area (Å²) in [6, 6.07) is 0. The molecule has 0 radical (unpaired) electrons. The van der Waals surface area contributed by atoms with Crippen molar-refractivity contribution in [1.82, 2.24) is 0 Å². The van der Waals surface area contributed by atoms with Crippen molar-refractivity contribution in [3.05, 3.63) is 0 Å². The van der Waals surface area contributed by atoms with Gasteiger partial charge >= 0.3 is 0 Å². The molecule has 1 aliphatic rings. The summed E-state index contributed by atoms with van der Waals surface area (Å²) >= 11 is 0.